The van der Waals surface area contributed by atoms with Crippen molar-refractivity contribution in [2.45, 2.75) is 407 Å². The van der Waals surface area contributed by atoms with Gasteiger partial charge in [0.05, 0.1) is 56.9 Å². The molecule has 0 heterocycles. The summed E-state index contributed by atoms with van der Waals surface area (Å²) in [4.78, 5) is 0. The zero-order valence-corrected chi connectivity index (χ0v) is 82.4. The SMILES string of the molecule is COc1c2cc(C3(C)CCCCC3)cc1Cc1cc(C3(C)CCCCC3)cc(c1OC)Cc1cc(C3(C)CCCCC3)cc(c1OC)Cc1cc(C3(C)CCCCC3)cc(c1OC)Cc1cc(C3(C)CCCCC3)cc(c1OC)Cc1cc(C3(C)CCCCC3)cc(c1OC)Cc1cc(C3(C)CCCCC3)cc(c1OC)Cc1cc(C3(C)CCCCC3)cc(c1OC)C2. The van der Waals surface area contributed by atoms with Crippen LogP contribution >= 0.6 is 0 Å². The van der Waals surface area contributed by atoms with Gasteiger partial charge in [0.15, 0.2) is 0 Å². The van der Waals surface area contributed by atoms with Crippen LogP contribution in [0.3, 0.4) is 0 Å². The van der Waals surface area contributed by atoms with Gasteiger partial charge in [0.1, 0.15) is 46.0 Å². The summed E-state index contributed by atoms with van der Waals surface area (Å²) in [5.74, 6) is 7.78. The molecular formula is C120H160O8. The Morgan fingerprint density at radius 1 is 0.133 bits per heavy atom. The Labute approximate surface area is 773 Å². The van der Waals surface area contributed by atoms with Crippen LogP contribution in [0.1, 0.15) is 446 Å². The summed E-state index contributed by atoms with van der Waals surface area (Å²) in [6.07, 6.45) is 53.7. The van der Waals surface area contributed by atoms with Crippen molar-refractivity contribution in [3.05, 3.63) is 231 Å². The summed E-state index contributed by atoms with van der Waals surface area (Å²) >= 11 is 0. The summed E-state index contributed by atoms with van der Waals surface area (Å²) in [6.45, 7) is 20.6. The number of benzene rings is 8. The lowest BCUT2D eigenvalue weighted by Crippen LogP contribution is -2.26. The third kappa shape index (κ3) is 18.5. The van der Waals surface area contributed by atoms with Crippen molar-refractivity contribution in [1.29, 1.82) is 0 Å². The van der Waals surface area contributed by atoms with Crippen LogP contribution in [0.2, 0.25) is 0 Å². The number of ether oxygens (including phenoxy) is 8. The van der Waals surface area contributed by atoms with Crippen LogP contribution in [-0.4, -0.2) is 56.9 Å². The van der Waals surface area contributed by atoms with Crippen LogP contribution in [0.5, 0.6) is 46.0 Å². The molecule has 0 aromatic heterocycles. The van der Waals surface area contributed by atoms with Gasteiger partial charge in [-0.15, -0.1) is 0 Å². The highest BCUT2D eigenvalue weighted by molar-refractivity contribution is 5.64. The minimum absolute atomic E-state index is 0.0112. The number of methoxy groups -OCH3 is 8. The van der Waals surface area contributed by atoms with Gasteiger partial charge in [0, 0.05) is 51.4 Å². The summed E-state index contributed by atoms with van der Waals surface area (Å²) in [6, 6.07) is 41.5. The molecule has 0 aliphatic heterocycles. The van der Waals surface area contributed by atoms with Crippen molar-refractivity contribution < 1.29 is 37.9 Å². The Morgan fingerprint density at radius 3 is 0.281 bits per heavy atom. The van der Waals surface area contributed by atoms with Gasteiger partial charge >= 0.3 is 0 Å². The predicted molar refractivity (Wildman–Crippen MR) is 530 cm³/mol. The van der Waals surface area contributed by atoms with E-state index in [1.54, 1.807) is 0 Å². The Balaban J connectivity index is 0.945. The molecule has 8 aromatic rings. The third-order valence-electron chi connectivity index (χ3n) is 35.9. The van der Waals surface area contributed by atoms with Crippen molar-refractivity contribution in [2.24, 2.45) is 0 Å². The van der Waals surface area contributed by atoms with Gasteiger partial charge in [0.2, 0.25) is 0 Å². The second kappa shape index (κ2) is 38.4. The highest BCUT2D eigenvalue weighted by Gasteiger charge is 2.42. The van der Waals surface area contributed by atoms with Crippen molar-refractivity contribution >= 4 is 0 Å². The summed E-state index contributed by atoms with van der Waals surface area (Å²) < 4.78 is 57.2. The Bertz CT molecular complexity index is 4100. The van der Waals surface area contributed by atoms with E-state index in [0.717, 1.165) is 149 Å². The molecule has 9 aliphatic carbocycles. The molecular weight excluding hydrogens is 1570 g/mol. The Kier molecular flexibility index (Phi) is 27.6. The van der Waals surface area contributed by atoms with Crippen LogP contribution in [0.15, 0.2) is 97.1 Å². The molecule has 0 amide bonds. The van der Waals surface area contributed by atoms with Gasteiger partial charge in [0.25, 0.3) is 0 Å². The molecule has 0 N–H and O–H groups in total. The van der Waals surface area contributed by atoms with Crippen LogP contribution in [0.25, 0.3) is 0 Å². The topological polar surface area (TPSA) is 73.8 Å². The lowest BCUT2D eigenvalue weighted by molar-refractivity contribution is 0.318. The molecule has 0 radical (unpaired) electrons. The molecule has 128 heavy (non-hydrogen) atoms. The average Bonchev–Trinajstić information content (AvgIpc) is 0.756. The van der Waals surface area contributed by atoms with Gasteiger partial charge in [-0.2, -0.15) is 0 Å². The first kappa shape index (κ1) is 92.0. The van der Waals surface area contributed by atoms with E-state index in [-0.39, 0.29) is 43.3 Å². The van der Waals surface area contributed by atoms with E-state index in [1.165, 1.54) is 288 Å². The molecule has 8 nitrogen and oxygen atoms in total. The second-order valence-electron chi connectivity index (χ2n) is 45.0. The zero-order chi connectivity index (χ0) is 89.4. The maximum atomic E-state index is 7.15. The summed E-state index contributed by atoms with van der Waals surface area (Å²) in [5, 5.41) is 0. The number of hydrogen-bond donors (Lipinski definition) is 0. The highest BCUT2D eigenvalue weighted by Crippen LogP contribution is 2.55. The summed E-state index contributed by atoms with van der Waals surface area (Å²) in [5.41, 5.74) is 31.0. The number of rotatable bonds is 16. The molecule has 9 aliphatic rings. The standard InChI is InChI=1S/C120H160O8/c1-113(41-25-17-26-42-113)97-65-81-57-83-67-98(114(2)43-27-18-28-44-114)69-85(106(83)122-10)59-87-71-100(116(4)47-31-20-32-48-116)73-89(108(87)124-12)61-91-75-102(118(6)51-35-22-36-52-118)77-93(110(91)126-14)63-95-79-104(120(8)55-39-24-40-56-120)80-96(112(95)128-16)64-94-78-103(119(7)53-37-23-38-54-119)76-92(111(94)127-15)62-90-74-101(117(5)49-33-21-34-50-117)72-88(109(90)125-13)60-86-70-99(115(3)45-29-19-30-46-115)68-84(107(86)123-11)58-82(66-97)105(81)121-9/h65-80H,17-64H2,1-16H3. The van der Waals surface area contributed by atoms with E-state index >= 15 is 0 Å². The van der Waals surface area contributed by atoms with Gasteiger partial charge in [-0.1, -0.05) is 307 Å². The van der Waals surface area contributed by atoms with E-state index in [9.17, 15) is 0 Å². The highest BCUT2D eigenvalue weighted by atomic mass is 16.5. The van der Waals surface area contributed by atoms with E-state index in [1.807, 2.05) is 56.9 Å². The van der Waals surface area contributed by atoms with Crippen molar-refractivity contribution in [3.63, 3.8) is 0 Å². The van der Waals surface area contributed by atoms with E-state index in [2.05, 4.69) is 152 Å². The van der Waals surface area contributed by atoms with Crippen LogP contribution < -0.4 is 37.9 Å². The van der Waals surface area contributed by atoms with E-state index in [4.69, 9.17) is 37.9 Å². The molecule has 0 spiro atoms. The smallest absolute Gasteiger partial charge is 0.125 e. The number of hydrogen-bond acceptors (Lipinski definition) is 8. The molecule has 0 saturated heterocycles. The van der Waals surface area contributed by atoms with Crippen LogP contribution in [-0.2, 0) is 94.7 Å². The lowest BCUT2D eigenvalue weighted by Gasteiger charge is -2.37. The minimum atomic E-state index is -0.0112. The average molecular weight is 1730 g/mol. The first-order valence-corrected chi connectivity index (χ1v) is 51.5. The zero-order valence-electron chi connectivity index (χ0n) is 82.4. The van der Waals surface area contributed by atoms with Gasteiger partial charge in [-0.25, -0.2) is 0 Å². The maximum Gasteiger partial charge on any atom is 0.125 e. The molecule has 8 fully saturated rings. The van der Waals surface area contributed by atoms with Crippen LogP contribution in [0.4, 0.5) is 0 Å². The van der Waals surface area contributed by atoms with Crippen molar-refractivity contribution in [2.75, 3.05) is 56.9 Å². The molecule has 0 unspecified atom stereocenters. The Hall–Kier alpha value is -7.84. The van der Waals surface area contributed by atoms with E-state index in [0.29, 0.717) is 51.4 Å². The first-order chi connectivity index (χ1) is 61.8. The van der Waals surface area contributed by atoms with Gasteiger partial charge in [-0.3, -0.25) is 0 Å². The molecule has 17 rings (SSSR count). The Morgan fingerprint density at radius 2 is 0.211 bits per heavy atom. The summed E-state index contributed by atoms with van der Waals surface area (Å²) in [7, 11) is 15.6. The fraction of sp³-hybridized carbons (Fsp3) is 0.600. The largest absolute Gasteiger partial charge is 0.496 e. The fourth-order valence-electron chi connectivity index (χ4n) is 27.6. The van der Waals surface area contributed by atoms with Gasteiger partial charge < -0.3 is 37.9 Å². The van der Waals surface area contributed by atoms with Crippen LogP contribution in [0, 0.1) is 0 Å². The molecule has 8 heteroatoms. The predicted octanol–water partition coefficient (Wildman–Crippen LogP) is 30.6. The maximum absolute atomic E-state index is 7.15. The normalized spacial score (nSPS) is 21.4. The van der Waals surface area contributed by atoms with Crippen molar-refractivity contribution in [3.8, 4) is 46.0 Å². The second-order valence-corrected chi connectivity index (χ2v) is 45.0. The first-order valence-electron chi connectivity index (χ1n) is 51.5. The molecule has 8 saturated carbocycles. The quantitative estimate of drug-likeness (QED) is 0.0947. The monoisotopic (exact) mass is 1730 g/mol. The van der Waals surface area contributed by atoms with Gasteiger partial charge in [-0.05, 0) is 280 Å². The number of fused-ring (bicyclic) bond motifs is 16. The third-order valence-corrected chi connectivity index (χ3v) is 35.9. The molecule has 8 aromatic carbocycles. The molecule has 688 valence electrons. The molecule has 0 atom stereocenters. The lowest BCUT2D eigenvalue weighted by atomic mass is 9.69. The van der Waals surface area contributed by atoms with E-state index < -0.39 is 0 Å². The van der Waals surface area contributed by atoms with Crippen molar-refractivity contribution in [1.82, 2.24) is 0 Å². The minimum Gasteiger partial charge on any atom is -0.496 e. The fourth-order valence-corrected chi connectivity index (χ4v) is 27.6. The molecule has 16 bridgehead atoms.